The predicted molar refractivity (Wildman–Crippen MR) is 254 cm³/mol. The molecule has 1 aliphatic heterocycles. The Bertz CT molecular complexity index is 2720. The van der Waals surface area contributed by atoms with Crippen molar-refractivity contribution in [1.82, 2.24) is 25.1 Å². The predicted octanol–water partition coefficient (Wildman–Crippen LogP) is 8.21. The number of phenols is 1. The van der Waals surface area contributed by atoms with E-state index in [1.807, 2.05) is 77.7 Å². The van der Waals surface area contributed by atoms with Crippen LogP contribution >= 0.6 is 12.2 Å². The van der Waals surface area contributed by atoms with E-state index in [1.165, 1.54) is 16.2 Å². The van der Waals surface area contributed by atoms with Gasteiger partial charge in [-0.05, 0) is 119 Å². The number of piperazine rings is 1. The van der Waals surface area contributed by atoms with Gasteiger partial charge in [0.2, 0.25) is 11.8 Å². The number of aromatic hydroxyl groups is 1. The van der Waals surface area contributed by atoms with Crippen LogP contribution in [0.1, 0.15) is 65.2 Å². The van der Waals surface area contributed by atoms with Gasteiger partial charge in [-0.3, -0.25) is 23.7 Å². The lowest BCUT2D eigenvalue weighted by Crippen LogP contribution is -2.48. The third-order valence-corrected chi connectivity index (χ3v) is 11.6. The van der Waals surface area contributed by atoms with Gasteiger partial charge in [-0.2, -0.15) is 0 Å². The third kappa shape index (κ3) is 11.3. The number of H-pyrrole nitrogens is 1. The van der Waals surface area contributed by atoms with Crippen LogP contribution in [0.3, 0.4) is 0 Å². The van der Waals surface area contributed by atoms with Gasteiger partial charge in [0.1, 0.15) is 5.75 Å². The maximum absolute atomic E-state index is 13.0. The van der Waals surface area contributed by atoms with Crippen LogP contribution in [0.4, 0.5) is 5.69 Å². The number of benzene rings is 5. The van der Waals surface area contributed by atoms with Crippen LogP contribution in [0.5, 0.6) is 5.75 Å². The number of nitrogens with zero attached hydrogens (tertiary/aromatic N) is 3. The summed E-state index contributed by atoms with van der Waals surface area (Å²) in [4.78, 5) is 58.6. The quantitative estimate of drug-likeness (QED) is 0.0333. The summed E-state index contributed by atoms with van der Waals surface area (Å²) < 4.78 is 1.88. The standard InChI is InChI=1S/C51H52N6O5S/c1-2-43(37-10-4-3-5-11-37)48(39-22-26-42(58)27-23-39)38-18-15-36(16-19-38)17-28-46(59)52-29-9-30-53-49(61)40-20-24-41(25-21-40)55-32-34-56(35-33-55)47(60)14-8-31-57-50(62)44-12-6-7-13-45(44)54-51(57)63/h3-7,10-13,15-28,58H,2,8-9,14,29-35H2,1H3,(H,52,59)(H,53,61)(H,54,63)/b28-17+,48-43?. The maximum atomic E-state index is 13.0. The number of hydrogen-bond acceptors (Lipinski definition) is 7. The minimum Gasteiger partial charge on any atom is -0.508 e. The number of phenolic OH excluding ortho intramolecular Hbond substituents is 1. The van der Waals surface area contributed by atoms with Crippen molar-refractivity contribution in [2.75, 3.05) is 44.2 Å². The molecule has 1 aromatic heterocycles. The third-order valence-electron chi connectivity index (χ3n) is 11.3. The van der Waals surface area contributed by atoms with Crippen LogP contribution in [-0.4, -0.2) is 76.5 Å². The van der Waals surface area contributed by atoms with E-state index in [1.54, 1.807) is 36.4 Å². The van der Waals surface area contributed by atoms with Crippen molar-refractivity contribution in [3.05, 3.63) is 176 Å². The van der Waals surface area contributed by atoms with Crippen LogP contribution < -0.4 is 21.1 Å². The first-order chi connectivity index (χ1) is 30.7. The van der Waals surface area contributed by atoms with E-state index in [4.69, 9.17) is 12.2 Å². The van der Waals surface area contributed by atoms with Crippen molar-refractivity contribution in [2.24, 2.45) is 0 Å². The molecule has 0 atom stereocenters. The summed E-state index contributed by atoms with van der Waals surface area (Å²) in [6, 6.07) is 40.4. The van der Waals surface area contributed by atoms with Gasteiger partial charge in [0.25, 0.3) is 11.5 Å². The molecule has 1 fully saturated rings. The Morgan fingerprint density at radius 3 is 2.06 bits per heavy atom. The molecule has 1 saturated heterocycles. The number of fused-ring (bicyclic) bond motifs is 1. The fourth-order valence-electron chi connectivity index (χ4n) is 7.89. The highest BCUT2D eigenvalue weighted by Crippen LogP contribution is 2.35. The van der Waals surface area contributed by atoms with Crippen molar-refractivity contribution >= 4 is 63.8 Å². The topological polar surface area (TPSA) is 140 Å². The molecular weight excluding hydrogens is 809 g/mol. The summed E-state index contributed by atoms with van der Waals surface area (Å²) in [6.45, 7) is 5.87. The molecular formula is C51H52N6O5S. The average Bonchev–Trinajstić information content (AvgIpc) is 3.32. The number of hydrogen-bond donors (Lipinski definition) is 4. The molecule has 6 aromatic rings. The Morgan fingerprint density at radius 2 is 1.37 bits per heavy atom. The first kappa shape index (κ1) is 44.0. The van der Waals surface area contributed by atoms with Gasteiger partial charge in [-0.1, -0.05) is 85.8 Å². The van der Waals surface area contributed by atoms with Crippen molar-refractivity contribution in [3.63, 3.8) is 0 Å². The second-order valence-electron chi connectivity index (χ2n) is 15.4. The fraction of sp³-hybridized carbons (Fsp3) is 0.235. The van der Waals surface area contributed by atoms with E-state index in [0.29, 0.717) is 86.3 Å². The first-order valence-electron chi connectivity index (χ1n) is 21.5. The van der Waals surface area contributed by atoms with E-state index in [9.17, 15) is 24.3 Å². The van der Waals surface area contributed by atoms with Crippen molar-refractivity contribution in [2.45, 2.75) is 39.2 Å². The Morgan fingerprint density at radius 1 is 0.730 bits per heavy atom. The molecule has 7 rings (SSSR count). The zero-order valence-electron chi connectivity index (χ0n) is 35.4. The molecule has 0 saturated carbocycles. The number of carbonyl (C=O) groups is 3. The number of amides is 3. The molecule has 11 nitrogen and oxygen atoms in total. The van der Waals surface area contributed by atoms with Crippen LogP contribution in [0, 0.1) is 4.77 Å². The molecule has 4 N–H and O–H groups in total. The molecule has 0 aliphatic carbocycles. The lowest BCUT2D eigenvalue weighted by atomic mass is 9.88. The van der Waals surface area contributed by atoms with Gasteiger partial charge in [-0.15, -0.1) is 0 Å². The average molecular weight is 861 g/mol. The Labute approximate surface area is 372 Å². The highest BCUT2D eigenvalue weighted by Gasteiger charge is 2.22. The summed E-state index contributed by atoms with van der Waals surface area (Å²) in [5.74, 6) is -0.121. The van der Waals surface area contributed by atoms with Crippen LogP contribution in [0.15, 0.2) is 138 Å². The normalized spacial score (nSPS) is 13.2. The van der Waals surface area contributed by atoms with Gasteiger partial charge in [0.15, 0.2) is 4.77 Å². The number of aromatic amines is 1. The fourth-order valence-corrected chi connectivity index (χ4v) is 8.17. The van der Waals surface area contributed by atoms with E-state index in [-0.39, 0.29) is 29.0 Å². The second kappa shape index (κ2) is 21.2. The smallest absolute Gasteiger partial charge is 0.262 e. The summed E-state index contributed by atoms with van der Waals surface area (Å²) in [5.41, 5.74) is 8.47. The molecule has 322 valence electrons. The number of allylic oxidation sites excluding steroid dienone is 1. The summed E-state index contributed by atoms with van der Waals surface area (Å²) >= 11 is 5.41. The van der Waals surface area contributed by atoms with Crippen LogP contribution in [0.2, 0.25) is 0 Å². The number of nitrogens with one attached hydrogen (secondary N) is 3. The molecule has 0 unspecified atom stereocenters. The first-order valence-corrected chi connectivity index (χ1v) is 21.9. The summed E-state index contributed by atoms with van der Waals surface area (Å²) in [7, 11) is 0. The van der Waals surface area contributed by atoms with Crippen molar-refractivity contribution in [3.8, 4) is 5.75 Å². The second-order valence-corrected chi connectivity index (χ2v) is 15.8. The van der Waals surface area contributed by atoms with E-state index in [0.717, 1.165) is 39.9 Å². The molecule has 2 heterocycles. The molecule has 63 heavy (non-hydrogen) atoms. The van der Waals surface area contributed by atoms with Gasteiger partial charge in [0.05, 0.1) is 10.9 Å². The van der Waals surface area contributed by atoms with Gasteiger partial charge < -0.3 is 30.5 Å². The Balaban J connectivity index is 0.814. The molecule has 12 heteroatoms. The number of rotatable bonds is 16. The lowest BCUT2D eigenvalue weighted by Gasteiger charge is -2.36. The van der Waals surface area contributed by atoms with Crippen molar-refractivity contribution in [1.29, 1.82) is 0 Å². The molecule has 0 spiro atoms. The zero-order valence-corrected chi connectivity index (χ0v) is 36.2. The summed E-state index contributed by atoms with van der Waals surface area (Å²) in [5, 5.41) is 16.3. The number of carbonyl (C=O) groups excluding carboxylic acids is 3. The van der Waals surface area contributed by atoms with Crippen LogP contribution in [0.25, 0.3) is 28.1 Å². The van der Waals surface area contributed by atoms with Gasteiger partial charge >= 0.3 is 0 Å². The van der Waals surface area contributed by atoms with E-state index in [2.05, 4.69) is 51.7 Å². The molecule has 5 aromatic carbocycles. The Hall–Kier alpha value is -7.05. The van der Waals surface area contributed by atoms with Gasteiger partial charge in [0, 0.05) is 69.6 Å². The lowest BCUT2D eigenvalue weighted by molar-refractivity contribution is -0.131. The highest BCUT2D eigenvalue weighted by molar-refractivity contribution is 7.71. The SMILES string of the molecule is CCC(=C(c1ccc(O)cc1)c1ccc(/C=C/C(=O)NCCCNC(=O)c2ccc(N3CCN(C(=O)CCCn4c(=S)[nH]c5ccccc5c4=O)CC3)cc2)cc1)c1ccccc1. The van der Waals surface area contributed by atoms with Gasteiger partial charge in [-0.25, -0.2) is 0 Å². The minimum atomic E-state index is -0.214. The summed E-state index contributed by atoms with van der Waals surface area (Å²) in [6.07, 6.45) is 5.54. The highest BCUT2D eigenvalue weighted by atomic mass is 32.1. The molecule has 0 radical (unpaired) electrons. The van der Waals surface area contributed by atoms with E-state index >= 15 is 0 Å². The monoisotopic (exact) mass is 860 g/mol. The number of aromatic nitrogens is 2. The number of anilines is 1. The van der Waals surface area contributed by atoms with Crippen LogP contribution in [-0.2, 0) is 16.1 Å². The largest absolute Gasteiger partial charge is 0.508 e. The van der Waals surface area contributed by atoms with Crippen molar-refractivity contribution < 1.29 is 19.5 Å². The number of para-hydroxylation sites is 1. The molecule has 0 bridgehead atoms. The van der Waals surface area contributed by atoms with E-state index < -0.39 is 0 Å². The Kier molecular flexibility index (Phi) is 14.8. The maximum Gasteiger partial charge on any atom is 0.262 e. The molecule has 1 aliphatic rings. The molecule has 3 amide bonds. The minimum absolute atomic E-state index is 0.0587. The zero-order chi connectivity index (χ0) is 44.1.